The molecule has 0 aromatic heterocycles. The number of rotatable bonds is 4. The fourth-order valence-electron chi connectivity index (χ4n) is 3.21. The van der Waals surface area contributed by atoms with Crippen molar-refractivity contribution in [2.45, 2.75) is 19.9 Å². The maximum atomic E-state index is 13.8. The summed E-state index contributed by atoms with van der Waals surface area (Å²) in [4.78, 5) is 35.8. The van der Waals surface area contributed by atoms with Crippen LogP contribution in [0.2, 0.25) is 0 Å². The number of amides is 2. The molecule has 0 saturated heterocycles. The number of amidine groups is 2. The van der Waals surface area contributed by atoms with Gasteiger partial charge >= 0.3 is 0 Å². The Morgan fingerprint density at radius 3 is 2.77 bits per heavy atom. The number of nitrogens with one attached hydrogen (secondary N) is 1. The molecule has 0 fully saturated rings. The van der Waals surface area contributed by atoms with Gasteiger partial charge in [0.1, 0.15) is 23.5 Å². The average molecular weight is 428 g/mol. The molecular weight excluding hydrogens is 410 g/mol. The first kappa shape index (κ1) is 20.2. The van der Waals surface area contributed by atoms with E-state index in [-0.39, 0.29) is 23.3 Å². The summed E-state index contributed by atoms with van der Waals surface area (Å²) in [5.41, 5.74) is 1.17. The highest BCUT2D eigenvalue weighted by Gasteiger charge is 2.42. The lowest BCUT2D eigenvalue weighted by atomic mass is 10.1. The van der Waals surface area contributed by atoms with Crippen molar-refractivity contribution in [1.29, 1.82) is 0 Å². The summed E-state index contributed by atoms with van der Waals surface area (Å²) in [6, 6.07) is 9.64. The van der Waals surface area contributed by atoms with Gasteiger partial charge in [0.25, 0.3) is 5.91 Å². The van der Waals surface area contributed by atoms with Crippen molar-refractivity contribution in [3.63, 3.8) is 0 Å². The fraction of sp³-hybridized carbons (Fsp3) is 0.238. The third-order valence-electron chi connectivity index (χ3n) is 4.67. The van der Waals surface area contributed by atoms with E-state index >= 15 is 0 Å². The molecule has 2 aromatic rings. The maximum absolute atomic E-state index is 13.8. The number of carbonyl (C=O) groups is 2. The van der Waals surface area contributed by atoms with Crippen LogP contribution in [0.1, 0.15) is 19.4 Å². The van der Waals surface area contributed by atoms with Gasteiger partial charge in [0.2, 0.25) is 5.91 Å². The standard InChI is InChI=1S/C21H18F2N4O2S/c1-11(2)18-20(29)27-19(26-18)13-5-3-4-6-15(13)25-21(27)30-10-17(28)24-16-9-12(22)7-8-14(16)23/h3-9,11,18H,10H2,1-2H3,(H,24,28)/t18-/m1/s1. The normalized spacial score (nSPS) is 17.4. The van der Waals surface area contributed by atoms with E-state index in [0.29, 0.717) is 16.7 Å². The number of nitrogens with zero attached hydrogens (tertiary/aromatic N) is 3. The molecule has 2 amide bonds. The molecule has 2 heterocycles. The molecule has 9 heteroatoms. The van der Waals surface area contributed by atoms with Crippen molar-refractivity contribution < 1.29 is 18.4 Å². The highest BCUT2D eigenvalue weighted by molar-refractivity contribution is 8.14. The first-order valence-corrected chi connectivity index (χ1v) is 10.3. The second kappa shape index (κ2) is 7.98. The Balaban J connectivity index is 1.56. The molecule has 2 aromatic carbocycles. The van der Waals surface area contributed by atoms with Crippen LogP contribution in [0.4, 0.5) is 20.2 Å². The van der Waals surface area contributed by atoms with Crippen molar-refractivity contribution in [3.05, 3.63) is 59.7 Å². The molecule has 2 aliphatic heterocycles. The molecular formula is C21H18F2N4O2S. The van der Waals surface area contributed by atoms with Crippen LogP contribution in [0.3, 0.4) is 0 Å². The van der Waals surface area contributed by atoms with Gasteiger partial charge in [-0.15, -0.1) is 0 Å². The molecule has 1 N–H and O–H groups in total. The summed E-state index contributed by atoms with van der Waals surface area (Å²) >= 11 is 1.04. The summed E-state index contributed by atoms with van der Waals surface area (Å²) in [5, 5.41) is 2.67. The number of benzene rings is 2. The first-order valence-electron chi connectivity index (χ1n) is 9.32. The number of thioether (sulfide) groups is 1. The number of aliphatic imine (C=N–C) groups is 2. The zero-order chi connectivity index (χ0) is 21.4. The van der Waals surface area contributed by atoms with Crippen LogP contribution >= 0.6 is 11.8 Å². The SMILES string of the molecule is CC(C)[C@H]1N=C2c3ccccc3N=C(SCC(=O)Nc3cc(F)ccc3F)N2C1=O. The van der Waals surface area contributed by atoms with Crippen molar-refractivity contribution in [2.75, 3.05) is 11.1 Å². The number of carbonyl (C=O) groups excluding carboxylic acids is 2. The Kier molecular flexibility index (Phi) is 5.38. The van der Waals surface area contributed by atoms with Gasteiger partial charge in [-0.05, 0) is 30.2 Å². The Hall–Kier alpha value is -3.07. The fourth-order valence-corrected chi connectivity index (χ4v) is 4.01. The van der Waals surface area contributed by atoms with Crippen LogP contribution in [0.5, 0.6) is 0 Å². The van der Waals surface area contributed by atoms with Crippen LogP contribution in [0.25, 0.3) is 0 Å². The molecule has 0 aliphatic carbocycles. The monoisotopic (exact) mass is 428 g/mol. The minimum absolute atomic E-state index is 0.00765. The van der Waals surface area contributed by atoms with Crippen molar-refractivity contribution >= 4 is 46.0 Å². The number of halogens is 2. The van der Waals surface area contributed by atoms with Gasteiger partial charge < -0.3 is 5.32 Å². The number of hydrogen-bond acceptors (Lipinski definition) is 5. The van der Waals surface area contributed by atoms with E-state index < -0.39 is 23.6 Å². The van der Waals surface area contributed by atoms with Gasteiger partial charge in [0.15, 0.2) is 5.17 Å². The van der Waals surface area contributed by atoms with Crippen LogP contribution in [-0.2, 0) is 9.59 Å². The second-order valence-corrected chi connectivity index (χ2v) is 8.13. The smallest absolute Gasteiger partial charge is 0.259 e. The zero-order valence-corrected chi connectivity index (χ0v) is 17.0. The van der Waals surface area contributed by atoms with Crippen LogP contribution in [0.15, 0.2) is 52.4 Å². The Bertz CT molecular complexity index is 1100. The van der Waals surface area contributed by atoms with Gasteiger partial charge in [-0.2, -0.15) is 0 Å². The topological polar surface area (TPSA) is 74.1 Å². The summed E-state index contributed by atoms with van der Waals surface area (Å²) in [7, 11) is 0. The van der Waals surface area contributed by atoms with E-state index in [9.17, 15) is 18.4 Å². The quantitative estimate of drug-likeness (QED) is 0.801. The lowest BCUT2D eigenvalue weighted by molar-refractivity contribution is -0.125. The summed E-state index contributed by atoms with van der Waals surface area (Å²) < 4.78 is 27.1. The zero-order valence-electron chi connectivity index (χ0n) is 16.2. The number of hydrogen-bond donors (Lipinski definition) is 1. The van der Waals surface area contributed by atoms with Gasteiger partial charge in [-0.1, -0.05) is 37.7 Å². The lowest BCUT2D eigenvalue weighted by Crippen LogP contribution is -2.42. The third-order valence-corrected chi connectivity index (χ3v) is 5.60. The van der Waals surface area contributed by atoms with E-state index in [2.05, 4.69) is 15.3 Å². The molecule has 30 heavy (non-hydrogen) atoms. The van der Waals surface area contributed by atoms with E-state index in [1.165, 1.54) is 4.90 Å². The van der Waals surface area contributed by atoms with E-state index in [0.717, 1.165) is 35.5 Å². The van der Waals surface area contributed by atoms with E-state index in [1.807, 2.05) is 38.1 Å². The predicted octanol–water partition coefficient (Wildman–Crippen LogP) is 3.95. The minimum Gasteiger partial charge on any atom is -0.323 e. The van der Waals surface area contributed by atoms with Gasteiger partial charge in [-0.25, -0.2) is 18.7 Å². The molecule has 154 valence electrons. The highest BCUT2D eigenvalue weighted by atomic mass is 32.2. The molecule has 2 aliphatic rings. The second-order valence-electron chi connectivity index (χ2n) is 7.19. The molecule has 0 saturated carbocycles. The van der Waals surface area contributed by atoms with Crippen LogP contribution in [-0.4, -0.2) is 39.5 Å². The van der Waals surface area contributed by atoms with Gasteiger partial charge in [0.05, 0.1) is 17.1 Å². The molecule has 0 bridgehead atoms. The van der Waals surface area contributed by atoms with Gasteiger partial charge in [0, 0.05) is 11.6 Å². The summed E-state index contributed by atoms with van der Waals surface area (Å²) in [5.74, 6) is -1.75. The van der Waals surface area contributed by atoms with Crippen LogP contribution < -0.4 is 5.32 Å². The number of fused-ring (bicyclic) bond motifs is 3. The third kappa shape index (κ3) is 3.72. The Labute approximate surface area is 176 Å². The Morgan fingerprint density at radius 1 is 1.23 bits per heavy atom. The summed E-state index contributed by atoms with van der Waals surface area (Å²) in [6.07, 6.45) is 0. The van der Waals surface area contributed by atoms with Gasteiger partial charge in [-0.3, -0.25) is 14.6 Å². The largest absolute Gasteiger partial charge is 0.323 e. The Morgan fingerprint density at radius 2 is 2.00 bits per heavy atom. The van der Waals surface area contributed by atoms with Crippen molar-refractivity contribution in [2.24, 2.45) is 15.9 Å². The molecule has 4 rings (SSSR count). The van der Waals surface area contributed by atoms with Crippen LogP contribution in [0, 0.1) is 17.6 Å². The van der Waals surface area contributed by atoms with Crippen molar-refractivity contribution in [1.82, 2.24) is 4.90 Å². The first-order chi connectivity index (χ1) is 14.3. The summed E-state index contributed by atoms with van der Waals surface area (Å²) in [6.45, 7) is 3.84. The molecule has 6 nitrogen and oxygen atoms in total. The highest BCUT2D eigenvalue weighted by Crippen LogP contribution is 2.34. The number of anilines is 1. The molecule has 0 unspecified atom stereocenters. The molecule has 0 radical (unpaired) electrons. The minimum atomic E-state index is -0.734. The average Bonchev–Trinajstić information content (AvgIpc) is 3.07. The van der Waals surface area contributed by atoms with E-state index in [1.54, 1.807) is 0 Å². The predicted molar refractivity (Wildman–Crippen MR) is 113 cm³/mol. The number of para-hydroxylation sites is 1. The van der Waals surface area contributed by atoms with Crippen molar-refractivity contribution in [3.8, 4) is 0 Å². The van der Waals surface area contributed by atoms with E-state index in [4.69, 9.17) is 0 Å². The molecule has 0 spiro atoms. The maximum Gasteiger partial charge on any atom is 0.259 e. The molecule has 1 atom stereocenters. The lowest BCUT2D eigenvalue weighted by Gasteiger charge is -2.25.